The van der Waals surface area contributed by atoms with E-state index in [1.165, 1.54) is 69.8 Å². The van der Waals surface area contributed by atoms with Gasteiger partial charge in [-0.1, -0.05) is 56.7 Å². The molecule has 0 heterocycles. The van der Waals surface area contributed by atoms with Crippen molar-refractivity contribution in [1.82, 2.24) is 5.32 Å². The molecule has 0 saturated heterocycles. The molecule has 0 aromatic heterocycles. The van der Waals surface area contributed by atoms with Crippen LogP contribution in [-0.2, 0) is 12.8 Å². The van der Waals surface area contributed by atoms with Gasteiger partial charge in [-0.25, -0.2) is 0 Å². The summed E-state index contributed by atoms with van der Waals surface area (Å²) in [5.74, 6) is 0.934. The van der Waals surface area contributed by atoms with Crippen molar-refractivity contribution in [3.05, 3.63) is 34.9 Å². The van der Waals surface area contributed by atoms with E-state index in [1.54, 1.807) is 11.1 Å². The molecule has 1 heteroatoms. The van der Waals surface area contributed by atoms with Crippen LogP contribution in [0.25, 0.3) is 0 Å². The molecule has 3 rings (SSSR count). The maximum absolute atomic E-state index is 3.58. The molecule has 1 unspecified atom stereocenters. The molecule has 1 atom stereocenters. The third-order valence-corrected chi connectivity index (χ3v) is 5.42. The first-order valence-electron chi connectivity index (χ1n) is 8.66. The predicted octanol–water partition coefficient (Wildman–Crippen LogP) is 4.80. The van der Waals surface area contributed by atoms with Crippen LogP contribution in [0.1, 0.15) is 74.1 Å². The summed E-state index contributed by atoms with van der Waals surface area (Å²) in [6.07, 6.45) is 14.0. The fraction of sp³-hybridized carbons (Fsp3) is 0.684. The average molecular weight is 271 g/mol. The summed E-state index contributed by atoms with van der Waals surface area (Å²) in [5, 5.41) is 3.58. The van der Waals surface area contributed by atoms with Gasteiger partial charge >= 0.3 is 0 Å². The molecular weight excluding hydrogens is 242 g/mol. The van der Waals surface area contributed by atoms with E-state index in [0.29, 0.717) is 6.04 Å². The van der Waals surface area contributed by atoms with Crippen molar-refractivity contribution in [2.75, 3.05) is 7.05 Å². The van der Waals surface area contributed by atoms with Crippen molar-refractivity contribution in [2.45, 2.75) is 70.3 Å². The maximum atomic E-state index is 3.58. The quantitative estimate of drug-likeness (QED) is 0.776. The summed E-state index contributed by atoms with van der Waals surface area (Å²) in [6.45, 7) is 0. The second-order valence-electron chi connectivity index (χ2n) is 6.82. The van der Waals surface area contributed by atoms with Crippen LogP contribution < -0.4 is 5.32 Å². The molecule has 1 nitrogen and oxygen atoms in total. The summed E-state index contributed by atoms with van der Waals surface area (Å²) in [7, 11) is 2.13. The maximum Gasteiger partial charge on any atom is 0.0320 e. The van der Waals surface area contributed by atoms with E-state index in [2.05, 4.69) is 30.6 Å². The van der Waals surface area contributed by atoms with Gasteiger partial charge in [-0.05, 0) is 55.3 Å². The molecule has 1 N–H and O–H groups in total. The summed E-state index contributed by atoms with van der Waals surface area (Å²) in [6, 6.07) is 7.81. The second-order valence-corrected chi connectivity index (χ2v) is 6.82. The topological polar surface area (TPSA) is 12.0 Å². The van der Waals surface area contributed by atoms with Crippen LogP contribution in [0, 0.1) is 5.92 Å². The van der Waals surface area contributed by atoms with Crippen molar-refractivity contribution in [1.29, 1.82) is 0 Å². The minimum absolute atomic E-state index is 0.559. The number of benzene rings is 1. The Morgan fingerprint density at radius 3 is 2.50 bits per heavy atom. The third kappa shape index (κ3) is 3.25. The summed E-state index contributed by atoms with van der Waals surface area (Å²) >= 11 is 0. The Labute approximate surface area is 124 Å². The molecular formula is C19H29N. The normalized spacial score (nSPS) is 21.4. The van der Waals surface area contributed by atoms with Gasteiger partial charge in [-0.2, -0.15) is 0 Å². The van der Waals surface area contributed by atoms with E-state index in [9.17, 15) is 0 Å². The molecule has 1 aromatic rings. The van der Waals surface area contributed by atoms with Crippen molar-refractivity contribution >= 4 is 0 Å². The molecule has 2 aliphatic carbocycles. The first-order valence-corrected chi connectivity index (χ1v) is 8.66. The highest BCUT2D eigenvalue weighted by molar-refractivity contribution is 5.36. The van der Waals surface area contributed by atoms with Gasteiger partial charge in [0.1, 0.15) is 0 Å². The Morgan fingerprint density at radius 1 is 1.00 bits per heavy atom. The Balaban J connectivity index is 1.69. The molecule has 0 spiro atoms. The number of nitrogens with one attached hydrogen (secondary N) is 1. The highest BCUT2D eigenvalue weighted by Gasteiger charge is 2.20. The zero-order valence-corrected chi connectivity index (χ0v) is 13.0. The number of fused-ring (bicyclic) bond motifs is 1. The zero-order valence-electron chi connectivity index (χ0n) is 13.0. The van der Waals surface area contributed by atoms with Gasteiger partial charge in [0.05, 0.1) is 0 Å². The van der Waals surface area contributed by atoms with E-state index in [-0.39, 0.29) is 0 Å². The van der Waals surface area contributed by atoms with Crippen LogP contribution in [0.4, 0.5) is 0 Å². The molecule has 0 amide bonds. The first kappa shape index (κ1) is 14.1. The minimum Gasteiger partial charge on any atom is -0.313 e. The smallest absolute Gasteiger partial charge is 0.0320 e. The first-order chi connectivity index (χ1) is 9.86. The van der Waals surface area contributed by atoms with Gasteiger partial charge in [0, 0.05) is 6.04 Å². The number of rotatable bonds is 4. The SMILES string of the molecule is CNC(CC1CCCCCC1)c1ccc2c(c1)CCC2. The lowest BCUT2D eigenvalue weighted by atomic mass is 9.89. The van der Waals surface area contributed by atoms with E-state index in [1.807, 2.05) is 0 Å². The van der Waals surface area contributed by atoms with E-state index >= 15 is 0 Å². The van der Waals surface area contributed by atoms with Crippen molar-refractivity contribution in [3.8, 4) is 0 Å². The zero-order chi connectivity index (χ0) is 13.8. The van der Waals surface area contributed by atoms with Crippen LogP contribution in [0.15, 0.2) is 18.2 Å². The Morgan fingerprint density at radius 2 is 1.75 bits per heavy atom. The average Bonchev–Trinajstić information content (AvgIpc) is 2.79. The van der Waals surface area contributed by atoms with Crippen LogP contribution >= 0.6 is 0 Å². The summed E-state index contributed by atoms with van der Waals surface area (Å²) < 4.78 is 0. The van der Waals surface area contributed by atoms with Crippen molar-refractivity contribution < 1.29 is 0 Å². The lowest BCUT2D eigenvalue weighted by molar-refractivity contribution is 0.368. The number of hydrogen-bond acceptors (Lipinski definition) is 1. The van der Waals surface area contributed by atoms with Crippen molar-refractivity contribution in [3.63, 3.8) is 0 Å². The Hall–Kier alpha value is -0.820. The minimum atomic E-state index is 0.559. The predicted molar refractivity (Wildman–Crippen MR) is 86.1 cm³/mol. The van der Waals surface area contributed by atoms with Crippen LogP contribution in [0.3, 0.4) is 0 Å². The summed E-state index contributed by atoms with van der Waals surface area (Å²) in [5.41, 5.74) is 4.74. The molecule has 0 bridgehead atoms. The van der Waals surface area contributed by atoms with Crippen LogP contribution in [0.2, 0.25) is 0 Å². The fourth-order valence-corrected chi connectivity index (χ4v) is 4.16. The van der Waals surface area contributed by atoms with Gasteiger partial charge in [0.25, 0.3) is 0 Å². The van der Waals surface area contributed by atoms with Gasteiger partial charge in [0.15, 0.2) is 0 Å². The molecule has 1 saturated carbocycles. The Kier molecular flexibility index (Phi) is 4.77. The van der Waals surface area contributed by atoms with Gasteiger partial charge in [-0.3, -0.25) is 0 Å². The van der Waals surface area contributed by atoms with Crippen LogP contribution in [-0.4, -0.2) is 7.05 Å². The van der Waals surface area contributed by atoms with Gasteiger partial charge in [-0.15, -0.1) is 0 Å². The fourth-order valence-electron chi connectivity index (χ4n) is 4.16. The lowest BCUT2D eigenvalue weighted by Crippen LogP contribution is -2.20. The third-order valence-electron chi connectivity index (χ3n) is 5.42. The standard InChI is InChI=1S/C19H29N/c1-20-19(13-15-7-4-2-3-5-8-15)18-12-11-16-9-6-10-17(16)14-18/h11-12,14-15,19-20H,2-10,13H2,1H3. The van der Waals surface area contributed by atoms with Gasteiger partial charge in [0.2, 0.25) is 0 Å². The van der Waals surface area contributed by atoms with E-state index < -0.39 is 0 Å². The highest BCUT2D eigenvalue weighted by Crippen LogP contribution is 2.32. The molecule has 1 fully saturated rings. The lowest BCUT2D eigenvalue weighted by Gasteiger charge is -2.23. The molecule has 1 aromatic carbocycles. The van der Waals surface area contributed by atoms with Crippen molar-refractivity contribution in [2.24, 2.45) is 5.92 Å². The molecule has 110 valence electrons. The highest BCUT2D eigenvalue weighted by atomic mass is 14.9. The number of hydrogen-bond donors (Lipinski definition) is 1. The molecule has 0 radical (unpaired) electrons. The van der Waals surface area contributed by atoms with Crippen LogP contribution in [0.5, 0.6) is 0 Å². The monoisotopic (exact) mass is 271 g/mol. The molecule has 20 heavy (non-hydrogen) atoms. The van der Waals surface area contributed by atoms with Gasteiger partial charge < -0.3 is 5.32 Å². The largest absolute Gasteiger partial charge is 0.313 e. The molecule has 2 aliphatic rings. The van der Waals surface area contributed by atoms with E-state index in [4.69, 9.17) is 0 Å². The van der Waals surface area contributed by atoms with E-state index in [0.717, 1.165) is 5.92 Å². The molecule has 0 aliphatic heterocycles. The summed E-state index contributed by atoms with van der Waals surface area (Å²) in [4.78, 5) is 0. The second kappa shape index (κ2) is 6.76. The Bertz CT molecular complexity index is 429. The number of aryl methyl sites for hydroxylation is 2.